The van der Waals surface area contributed by atoms with E-state index in [9.17, 15) is 14.4 Å². The van der Waals surface area contributed by atoms with E-state index in [4.69, 9.17) is 14.5 Å². The number of fused-ring (bicyclic) bond motifs is 4. The van der Waals surface area contributed by atoms with Crippen molar-refractivity contribution < 1.29 is 24.1 Å². The molecule has 0 unspecified atom stereocenters. The Hall–Kier alpha value is -3.98. The molecule has 0 saturated carbocycles. The number of thiazole rings is 1. The second-order valence-electron chi connectivity index (χ2n) is 7.32. The Bertz CT molecular complexity index is 1310. The van der Waals surface area contributed by atoms with Crippen LogP contribution in [0.3, 0.4) is 0 Å². The summed E-state index contributed by atoms with van der Waals surface area (Å²) in [7, 11) is 1.74. The van der Waals surface area contributed by atoms with Crippen molar-refractivity contribution in [2.75, 3.05) is 18.5 Å². The van der Waals surface area contributed by atoms with E-state index in [2.05, 4.69) is 27.1 Å². The molecular formula is C18H18N8O6S. The van der Waals surface area contributed by atoms with E-state index in [1.54, 1.807) is 28.9 Å². The number of hydrogen-bond donors (Lipinski definition) is 2. The minimum Gasteiger partial charge on any atom is -0.465 e. The van der Waals surface area contributed by atoms with E-state index >= 15 is 0 Å². The number of urea groups is 1. The largest absolute Gasteiger partial charge is 0.465 e. The van der Waals surface area contributed by atoms with Gasteiger partial charge in [-0.25, -0.2) is 19.4 Å². The number of carbonyl (C=O) groups excluding carboxylic acids is 1. The van der Waals surface area contributed by atoms with Crippen molar-refractivity contribution in [3.8, 4) is 0 Å². The molecule has 2 atom stereocenters. The first-order valence-electron chi connectivity index (χ1n) is 9.75. The molecule has 2 aliphatic heterocycles. The van der Waals surface area contributed by atoms with Gasteiger partial charge in [0.05, 0.1) is 31.6 Å². The average molecular weight is 474 g/mol. The van der Waals surface area contributed by atoms with Crippen LogP contribution >= 0.6 is 11.3 Å². The average Bonchev–Trinajstić information content (AvgIpc) is 3.52. The fourth-order valence-corrected chi connectivity index (χ4v) is 4.80. The SMILES string of the molecule is C=CCON1C(=O)N2C[C@H]1c1cnn(C)c1[C@H]2c1noc(=O)n1Cc1nc(NC(=O)O)cs1. The molecule has 2 N–H and O–H groups in total. The minimum absolute atomic E-state index is 0.0184. The molecule has 2 aliphatic rings. The highest BCUT2D eigenvalue weighted by Gasteiger charge is 2.52. The Labute approximate surface area is 189 Å². The summed E-state index contributed by atoms with van der Waals surface area (Å²) in [5, 5.41) is 22.6. The number of nitrogens with zero attached hydrogens (tertiary/aromatic N) is 7. The summed E-state index contributed by atoms with van der Waals surface area (Å²) >= 11 is 1.17. The van der Waals surface area contributed by atoms with Crippen molar-refractivity contribution >= 4 is 29.3 Å². The van der Waals surface area contributed by atoms with Gasteiger partial charge < -0.3 is 10.0 Å². The molecule has 0 radical (unpaired) electrons. The van der Waals surface area contributed by atoms with Crippen LogP contribution in [0.1, 0.15) is 34.2 Å². The van der Waals surface area contributed by atoms with Crippen LogP contribution in [0.15, 0.2) is 33.5 Å². The number of carboxylic acid groups (broad SMARTS) is 1. The molecule has 15 heteroatoms. The van der Waals surface area contributed by atoms with Gasteiger partial charge in [-0.3, -0.25) is 23.9 Å². The quantitative estimate of drug-likeness (QED) is 0.479. The molecule has 0 spiro atoms. The molecule has 2 bridgehead atoms. The number of anilines is 1. The third kappa shape index (κ3) is 3.37. The summed E-state index contributed by atoms with van der Waals surface area (Å²) < 4.78 is 7.86. The van der Waals surface area contributed by atoms with E-state index in [0.717, 1.165) is 5.56 Å². The third-order valence-electron chi connectivity index (χ3n) is 5.40. The van der Waals surface area contributed by atoms with Gasteiger partial charge in [0, 0.05) is 18.0 Å². The zero-order valence-corrected chi connectivity index (χ0v) is 18.1. The number of hydroxylamine groups is 2. The highest BCUT2D eigenvalue weighted by Crippen LogP contribution is 2.45. The van der Waals surface area contributed by atoms with Gasteiger partial charge in [0.1, 0.15) is 22.9 Å². The molecule has 14 nitrogen and oxygen atoms in total. The number of aromatic nitrogens is 5. The predicted octanol–water partition coefficient (Wildman–Crippen LogP) is 1.16. The van der Waals surface area contributed by atoms with Crippen LogP contribution in [0, 0.1) is 0 Å². The molecule has 5 rings (SSSR count). The van der Waals surface area contributed by atoms with Gasteiger partial charge in [0.15, 0.2) is 5.82 Å². The highest BCUT2D eigenvalue weighted by atomic mass is 32.1. The van der Waals surface area contributed by atoms with Gasteiger partial charge >= 0.3 is 17.9 Å². The van der Waals surface area contributed by atoms with E-state index in [1.165, 1.54) is 26.3 Å². The zero-order valence-electron chi connectivity index (χ0n) is 17.2. The molecule has 3 aromatic heterocycles. The third-order valence-corrected chi connectivity index (χ3v) is 6.23. The Morgan fingerprint density at radius 3 is 3.06 bits per heavy atom. The Morgan fingerprint density at radius 2 is 2.30 bits per heavy atom. The maximum Gasteiger partial charge on any atom is 0.442 e. The Kier molecular flexibility index (Phi) is 4.98. The molecule has 172 valence electrons. The van der Waals surface area contributed by atoms with E-state index < -0.39 is 17.9 Å². The first-order valence-corrected chi connectivity index (χ1v) is 10.6. The molecule has 0 aliphatic carbocycles. The first-order chi connectivity index (χ1) is 15.9. The zero-order chi connectivity index (χ0) is 23.3. The van der Waals surface area contributed by atoms with Gasteiger partial charge in [-0.15, -0.1) is 17.9 Å². The van der Waals surface area contributed by atoms with Gasteiger partial charge in [0.2, 0.25) is 0 Å². The normalized spacial score (nSPS) is 19.1. The lowest BCUT2D eigenvalue weighted by Crippen LogP contribution is -2.38. The molecule has 0 aromatic carbocycles. The van der Waals surface area contributed by atoms with Crippen LogP contribution in [0.25, 0.3) is 0 Å². The molecule has 33 heavy (non-hydrogen) atoms. The lowest BCUT2D eigenvalue weighted by atomic mass is 9.97. The molecular weight excluding hydrogens is 456 g/mol. The lowest BCUT2D eigenvalue weighted by Gasteiger charge is -2.30. The van der Waals surface area contributed by atoms with Crippen LogP contribution in [0.2, 0.25) is 0 Å². The smallest absolute Gasteiger partial charge is 0.442 e. The fourth-order valence-electron chi connectivity index (χ4n) is 4.09. The van der Waals surface area contributed by atoms with Crippen LogP contribution in [0.5, 0.6) is 0 Å². The Morgan fingerprint density at radius 1 is 1.48 bits per heavy atom. The maximum absolute atomic E-state index is 13.2. The van der Waals surface area contributed by atoms with Crippen molar-refractivity contribution in [1.29, 1.82) is 0 Å². The van der Waals surface area contributed by atoms with Gasteiger partial charge in [-0.2, -0.15) is 10.2 Å². The van der Waals surface area contributed by atoms with E-state index in [-0.39, 0.29) is 36.9 Å². The fraction of sp³-hybridized carbons (Fsp3) is 0.333. The Balaban J connectivity index is 1.54. The minimum atomic E-state index is -1.24. The predicted molar refractivity (Wildman–Crippen MR) is 112 cm³/mol. The second kappa shape index (κ2) is 7.86. The number of hydrogen-bond acceptors (Lipinski definition) is 9. The number of amides is 3. The van der Waals surface area contributed by atoms with Crippen LogP contribution < -0.4 is 11.1 Å². The van der Waals surface area contributed by atoms with Crippen molar-refractivity contribution in [3.63, 3.8) is 0 Å². The highest BCUT2D eigenvalue weighted by molar-refractivity contribution is 7.10. The monoisotopic (exact) mass is 474 g/mol. The first kappa shape index (κ1) is 20.9. The molecule has 3 amide bonds. The maximum atomic E-state index is 13.2. The molecule has 5 heterocycles. The van der Waals surface area contributed by atoms with Crippen LogP contribution in [-0.2, 0) is 18.4 Å². The van der Waals surface area contributed by atoms with Crippen molar-refractivity contribution in [2.45, 2.75) is 18.6 Å². The summed E-state index contributed by atoms with van der Waals surface area (Å²) in [5.74, 6) is -0.386. The van der Waals surface area contributed by atoms with Crippen LogP contribution in [-0.4, -0.2) is 64.8 Å². The molecule has 1 fully saturated rings. The van der Waals surface area contributed by atoms with Gasteiger partial charge in [-0.1, -0.05) is 11.2 Å². The number of rotatable bonds is 7. The lowest BCUT2D eigenvalue weighted by molar-refractivity contribution is -0.118. The van der Waals surface area contributed by atoms with E-state index in [0.29, 0.717) is 17.2 Å². The van der Waals surface area contributed by atoms with Gasteiger partial charge in [0.25, 0.3) is 0 Å². The molecule has 3 aromatic rings. The van der Waals surface area contributed by atoms with Crippen molar-refractivity contribution in [3.05, 3.63) is 56.9 Å². The van der Waals surface area contributed by atoms with Crippen molar-refractivity contribution in [2.24, 2.45) is 7.05 Å². The summed E-state index contributed by atoms with van der Waals surface area (Å²) in [5.41, 5.74) is 1.46. The summed E-state index contributed by atoms with van der Waals surface area (Å²) in [4.78, 5) is 47.9. The number of nitrogens with one attached hydrogen (secondary N) is 1. The summed E-state index contributed by atoms with van der Waals surface area (Å²) in [6.07, 6.45) is 1.97. The van der Waals surface area contributed by atoms with Crippen LogP contribution in [0.4, 0.5) is 15.4 Å². The van der Waals surface area contributed by atoms with Gasteiger partial charge in [-0.05, 0) is 0 Å². The standard InChI is InChI=1S/C18H18N8O6S/c1-3-4-31-26-10-6-24(17(26)29)14(13-9(10)5-19-23(13)2)15-22-32-18(30)25(15)7-12-20-11(8-33-12)21-16(27)28/h3,5,8,10,14,21H,1,4,6-7H2,2H3,(H,27,28)/t10-,14-/m0/s1. The number of carbonyl (C=O) groups is 2. The molecule has 1 saturated heterocycles. The summed E-state index contributed by atoms with van der Waals surface area (Å²) in [6.45, 7) is 4.07. The van der Waals surface area contributed by atoms with Crippen molar-refractivity contribution in [1.82, 2.24) is 34.5 Å². The summed E-state index contributed by atoms with van der Waals surface area (Å²) in [6, 6.07) is -1.50. The number of aryl methyl sites for hydroxylation is 1. The second-order valence-corrected chi connectivity index (χ2v) is 8.26. The van der Waals surface area contributed by atoms with E-state index in [1.807, 2.05) is 0 Å². The topological polar surface area (TPSA) is 161 Å².